The Hall–Kier alpha value is -2.69. The molecule has 0 bridgehead atoms. The number of nitrogens with zero attached hydrogens (tertiary/aromatic N) is 1. The lowest BCUT2D eigenvalue weighted by molar-refractivity contribution is -0.140. The first kappa shape index (κ1) is 16.2. The molecule has 0 fully saturated rings. The van der Waals surface area contributed by atoms with Gasteiger partial charge in [0.15, 0.2) is 0 Å². The van der Waals surface area contributed by atoms with Crippen molar-refractivity contribution in [3.8, 4) is 0 Å². The molecular weight excluding hydrogens is 307 g/mol. The van der Waals surface area contributed by atoms with Crippen LogP contribution in [0, 0.1) is 5.82 Å². The van der Waals surface area contributed by atoms with Crippen LogP contribution in [0.3, 0.4) is 0 Å². The number of amides is 2. The monoisotopic (exact) mass is 326 g/mol. The van der Waals surface area contributed by atoms with Crippen molar-refractivity contribution in [3.05, 3.63) is 71.0 Å². The molecule has 1 heterocycles. The fourth-order valence-corrected chi connectivity index (χ4v) is 3.03. The number of fused-ring (bicyclic) bond motifs is 1. The Labute approximate surface area is 140 Å². The summed E-state index contributed by atoms with van der Waals surface area (Å²) < 4.78 is 13.7. The van der Waals surface area contributed by atoms with Gasteiger partial charge in [0.1, 0.15) is 11.9 Å². The lowest BCUT2D eigenvalue weighted by atomic mass is 9.93. The molecule has 24 heavy (non-hydrogen) atoms. The SMILES string of the molecule is CC(=O)N1Cc2ccccc2C[C@H]1C(=O)NCc1ccccc1F. The number of carbonyl (C=O) groups is 2. The summed E-state index contributed by atoms with van der Waals surface area (Å²) in [6, 6.07) is 13.6. The van der Waals surface area contributed by atoms with Crippen molar-refractivity contribution >= 4 is 11.8 Å². The molecule has 0 saturated heterocycles. The number of hydrogen-bond donors (Lipinski definition) is 1. The number of halogens is 1. The van der Waals surface area contributed by atoms with E-state index in [4.69, 9.17) is 0 Å². The van der Waals surface area contributed by atoms with Crippen LogP contribution in [0.5, 0.6) is 0 Å². The number of hydrogen-bond acceptors (Lipinski definition) is 2. The summed E-state index contributed by atoms with van der Waals surface area (Å²) in [6.45, 7) is 1.99. The quantitative estimate of drug-likeness (QED) is 0.942. The Bertz CT molecular complexity index is 775. The molecule has 4 nitrogen and oxygen atoms in total. The highest BCUT2D eigenvalue weighted by atomic mass is 19.1. The van der Waals surface area contributed by atoms with Crippen molar-refractivity contribution in [3.63, 3.8) is 0 Å². The second kappa shape index (κ2) is 6.83. The molecule has 1 aliphatic heterocycles. The minimum Gasteiger partial charge on any atom is -0.350 e. The van der Waals surface area contributed by atoms with Crippen molar-refractivity contribution in [1.82, 2.24) is 10.2 Å². The third-order valence-electron chi connectivity index (χ3n) is 4.37. The maximum atomic E-state index is 13.7. The summed E-state index contributed by atoms with van der Waals surface area (Å²) in [5, 5.41) is 2.75. The van der Waals surface area contributed by atoms with E-state index in [0.29, 0.717) is 18.5 Å². The van der Waals surface area contributed by atoms with Gasteiger partial charge in [0, 0.05) is 32.0 Å². The Morgan fingerprint density at radius 1 is 1.12 bits per heavy atom. The smallest absolute Gasteiger partial charge is 0.243 e. The van der Waals surface area contributed by atoms with Crippen molar-refractivity contribution in [2.75, 3.05) is 0 Å². The van der Waals surface area contributed by atoms with Crippen LogP contribution in [0.2, 0.25) is 0 Å². The minimum absolute atomic E-state index is 0.107. The van der Waals surface area contributed by atoms with E-state index in [2.05, 4.69) is 5.32 Å². The molecule has 1 N–H and O–H groups in total. The first-order chi connectivity index (χ1) is 11.6. The van der Waals surface area contributed by atoms with Gasteiger partial charge in [-0.3, -0.25) is 9.59 Å². The number of carbonyl (C=O) groups excluding carboxylic acids is 2. The van der Waals surface area contributed by atoms with Crippen LogP contribution >= 0.6 is 0 Å². The molecular formula is C19H19FN2O2. The van der Waals surface area contributed by atoms with Crippen molar-refractivity contribution < 1.29 is 14.0 Å². The predicted octanol–water partition coefficient (Wildman–Crippen LogP) is 2.42. The zero-order valence-electron chi connectivity index (χ0n) is 13.5. The second-order valence-corrected chi connectivity index (χ2v) is 5.94. The van der Waals surface area contributed by atoms with Gasteiger partial charge >= 0.3 is 0 Å². The third kappa shape index (κ3) is 3.30. The topological polar surface area (TPSA) is 49.4 Å². The molecule has 0 radical (unpaired) electrons. The fraction of sp³-hybridized carbons (Fsp3) is 0.263. The van der Waals surface area contributed by atoms with E-state index >= 15 is 0 Å². The van der Waals surface area contributed by atoms with Gasteiger partial charge in [-0.15, -0.1) is 0 Å². The van der Waals surface area contributed by atoms with Crippen LogP contribution in [-0.4, -0.2) is 22.8 Å². The van der Waals surface area contributed by atoms with Gasteiger partial charge in [-0.2, -0.15) is 0 Å². The predicted molar refractivity (Wildman–Crippen MR) is 88.4 cm³/mol. The Morgan fingerprint density at radius 2 is 1.79 bits per heavy atom. The molecule has 0 aliphatic carbocycles. The summed E-state index contributed by atoms with van der Waals surface area (Å²) in [5.74, 6) is -0.756. The Balaban J connectivity index is 1.75. The standard InChI is InChI=1S/C19H19FN2O2/c1-13(23)22-12-16-8-3-2-6-14(16)10-18(22)19(24)21-11-15-7-4-5-9-17(15)20/h2-9,18H,10-12H2,1H3,(H,21,24)/t18-/m0/s1. The second-order valence-electron chi connectivity index (χ2n) is 5.94. The van der Waals surface area contributed by atoms with E-state index in [-0.39, 0.29) is 24.2 Å². The van der Waals surface area contributed by atoms with Crippen molar-refractivity contribution in [1.29, 1.82) is 0 Å². The number of nitrogens with one attached hydrogen (secondary N) is 1. The molecule has 1 aliphatic rings. The molecule has 0 spiro atoms. The average molecular weight is 326 g/mol. The number of rotatable bonds is 3. The van der Waals surface area contributed by atoms with E-state index in [1.807, 2.05) is 24.3 Å². The van der Waals surface area contributed by atoms with Crippen LogP contribution in [0.15, 0.2) is 48.5 Å². The summed E-state index contributed by atoms with van der Waals surface area (Å²) >= 11 is 0. The molecule has 2 amide bonds. The molecule has 2 aromatic carbocycles. The van der Waals surface area contributed by atoms with Crippen LogP contribution in [0.1, 0.15) is 23.6 Å². The van der Waals surface area contributed by atoms with Crippen molar-refractivity contribution in [2.24, 2.45) is 0 Å². The maximum Gasteiger partial charge on any atom is 0.243 e. The van der Waals surface area contributed by atoms with Gasteiger partial charge in [0.2, 0.25) is 11.8 Å². The highest BCUT2D eigenvalue weighted by molar-refractivity contribution is 5.87. The van der Waals surface area contributed by atoms with Crippen LogP contribution < -0.4 is 5.32 Å². The summed E-state index contributed by atoms with van der Waals surface area (Å²) in [7, 11) is 0. The van der Waals surface area contributed by atoms with E-state index in [0.717, 1.165) is 11.1 Å². The molecule has 1 atom stereocenters. The summed E-state index contributed by atoms with van der Waals surface area (Å²) in [4.78, 5) is 26.1. The van der Waals surface area contributed by atoms with Crippen LogP contribution in [0.4, 0.5) is 4.39 Å². The molecule has 124 valence electrons. The van der Waals surface area contributed by atoms with E-state index < -0.39 is 6.04 Å². The van der Waals surface area contributed by atoms with Crippen LogP contribution in [-0.2, 0) is 29.1 Å². The van der Waals surface area contributed by atoms with Crippen molar-refractivity contribution in [2.45, 2.75) is 32.5 Å². The van der Waals surface area contributed by atoms with Gasteiger partial charge in [0.25, 0.3) is 0 Å². The van der Waals surface area contributed by atoms with Crippen LogP contribution in [0.25, 0.3) is 0 Å². The van der Waals surface area contributed by atoms with E-state index in [1.165, 1.54) is 13.0 Å². The molecule has 0 unspecified atom stereocenters. The Morgan fingerprint density at radius 3 is 2.50 bits per heavy atom. The van der Waals surface area contributed by atoms with Gasteiger partial charge in [-0.05, 0) is 17.2 Å². The fourth-order valence-electron chi connectivity index (χ4n) is 3.03. The summed E-state index contributed by atoms with van der Waals surface area (Å²) in [5.41, 5.74) is 2.56. The van der Waals surface area contributed by atoms with E-state index in [1.54, 1.807) is 23.1 Å². The van der Waals surface area contributed by atoms with Gasteiger partial charge < -0.3 is 10.2 Å². The lowest BCUT2D eigenvalue weighted by Crippen LogP contribution is -2.51. The first-order valence-corrected chi connectivity index (χ1v) is 7.91. The highest BCUT2D eigenvalue weighted by Crippen LogP contribution is 2.23. The van der Waals surface area contributed by atoms with Gasteiger partial charge in [-0.25, -0.2) is 4.39 Å². The Kier molecular flexibility index (Phi) is 4.60. The maximum absolute atomic E-state index is 13.7. The molecule has 3 rings (SSSR count). The summed E-state index contributed by atoms with van der Waals surface area (Å²) in [6.07, 6.45) is 0.471. The zero-order chi connectivity index (χ0) is 17.1. The van der Waals surface area contributed by atoms with E-state index in [9.17, 15) is 14.0 Å². The highest BCUT2D eigenvalue weighted by Gasteiger charge is 2.32. The lowest BCUT2D eigenvalue weighted by Gasteiger charge is -2.35. The molecule has 2 aromatic rings. The zero-order valence-corrected chi connectivity index (χ0v) is 13.5. The molecule has 5 heteroatoms. The average Bonchev–Trinajstić information content (AvgIpc) is 2.59. The molecule has 0 aromatic heterocycles. The third-order valence-corrected chi connectivity index (χ3v) is 4.37. The number of benzene rings is 2. The van der Waals surface area contributed by atoms with Gasteiger partial charge in [0.05, 0.1) is 0 Å². The van der Waals surface area contributed by atoms with Gasteiger partial charge in [-0.1, -0.05) is 42.5 Å². The molecule has 0 saturated carbocycles. The normalized spacial score (nSPS) is 16.4. The minimum atomic E-state index is -0.566. The largest absolute Gasteiger partial charge is 0.350 e. The first-order valence-electron chi connectivity index (χ1n) is 7.91.